The molecule has 1 saturated heterocycles. The summed E-state index contributed by atoms with van der Waals surface area (Å²) in [5.74, 6) is 0.710. The predicted molar refractivity (Wildman–Crippen MR) is 206 cm³/mol. The number of nitrogens with one attached hydrogen (secondary N) is 1. The van der Waals surface area contributed by atoms with E-state index in [9.17, 15) is 14.7 Å². The van der Waals surface area contributed by atoms with Crippen LogP contribution in [-0.2, 0) is 45.2 Å². The molecule has 10 heteroatoms. The number of fused-ring (bicyclic) bond motifs is 1. The lowest BCUT2D eigenvalue weighted by Crippen LogP contribution is -2.41. The molecule has 3 atom stereocenters. The van der Waals surface area contributed by atoms with E-state index in [0.717, 1.165) is 90.2 Å². The van der Waals surface area contributed by atoms with E-state index in [1.807, 2.05) is 42.5 Å². The standard InChI is InChI=1S/C44H52N2O8/c1-51-40-23-34-21-22-46(27-36(34)24-41(40)52-2)28-37-25-39(32-15-13-30(29-47)14-16-32)54-44(53-37)33-19-17-31(18-20-33)38-10-8-7-9-35(38)26-45-42(48)11-5-3-4-6-12-43(49)50/h7-10,13-20,23-24,37,39,44,47H,3-6,11-12,21-22,25-29H2,1-2H3,(H,45,48)(H,49,50)/t37-,39+,44+/m1/s1. The molecule has 0 bridgehead atoms. The zero-order chi connectivity index (χ0) is 37.9. The van der Waals surface area contributed by atoms with Crippen LogP contribution in [0.25, 0.3) is 11.1 Å². The molecule has 54 heavy (non-hydrogen) atoms. The van der Waals surface area contributed by atoms with Crippen LogP contribution < -0.4 is 14.8 Å². The number of aliphatic hydroxyl groups excluding tert-OH is 1. The molecule has 6 rings (SSSR count). The first kappa shape index (κ1) is 39.0. The summed E-state index contributed by atoms with van der Waals surface area (Å²) in [5, 5.41) is 21.5. The number of hydrogen-bond donors (Lipinski definition) is 3. The summed E-state index contributed by atoms with van der Waals surface area (Å²) in [7, 11) is 3.33. The molecule has 2 aliphatic rings. The number of aliphatic hydroxyl groups is 1. The second-order valence-corrected chi connectivity index (χ2v) is 14.2. The van der Waals surface area contributed by atoms with Crippen molar-refractivity contribution in [2.75, 3.05) is 27.3 Å². The Morgan fingerprint density at radius 1 is 0.833 bits per heavy atom. The maximum absolute atomic E-state index is 12.6. The summed E-state index contributed by atoms with van der Waals surface area (Å²) < 4.78 is 24.5. The smallest absolute Gasteiger partial charge is 0.303 e. The van der Waals surface area contributed by atoms with Crippen molar-refractivity contribution in [3.63, 3.8) is 0 Å². The second-order valence-electron chi connectivity index (χ2n) is 14.2. The summed E-state index contributed by atoms with van der Waals surface area (Å²) in [4.78, 5) is 25.7. The number of aliphatic carboxylic acids is 1. The highest BCUT2D eigenvalue weighted by Crippen LogP contribution is 2.40. The van der Waals surface area contributed by atoms with Crippen molar-refractivity contribution >= 4 is 11.9 Å². The lowest BCUT2D eigenvalue weighted by Gasteiger charge is -2.39. The van der Waals surface area contributed by atoms with Crippen molar-refractivity contribution in [2.45, 2.75) is 89.6 Å². The number of methoxy groups -OCH3 is 2. The van der Waals surface area contributed by atoms with Gasteiger partial charge in [0.15, 0.2) is 17.8 Å². The molecule has 1 amide bonds. The lowest BCUT2D eigenvalue weighted by molar-refractivity contribution is -0.253. The molecule has 0 aromatic heterocycles. The van der Waals surface area contributed by atoms with Crippen molar-refractivity contribution in [1.29, 1.82) is 0 Å². The second kappa shape index (κ2) is 19.0. The van der Waals surface area contributed by atoms with Gasteiger partial charge in [0, 0.05) is 51.0 Å². The Balaban J connectivity index is 1.12. The van der Waals surface area contributed by atoms with Gasteiger partial charge in [0.05, 0.1) is 33.0 Å². The summed E-state index contributed by atoms with van der Waals surface area (Å²) >= 11 is 0. The van der Waals surface area contributed by atoms with E-state index < -0.39 is 12.3 Å². The van der Waals surface area contributed by atoms with Crippen LogP contribution in [-0.4, -0.2) is 60.4 Å². The van der Waals surface area contributed by atoms with E-state index in [4.69, 9.17) is 24.1 Å². The Morgan fingerprint density at radius 2 is 1.52 bits per heavy atom. The summed E-state index contributed by atoms with van der Waals surface area (Å²) in [6.07, 6.45) is 4.42. The number of carbonyl (C=O) groups is 2. The molecular formula is C44H52N2O8. The maximum Gasteiger partial charge on any atom is 0.303 e. The molecular weight excluding hydrogens is 684 g/mol. The monoisotopic (exact) mass is 736 g/mol. The summed E-state index contributed by atoms with van der Waals surface area (Å²) in [6, 6.07) is 28.5. The van der Waals surface area contributed by atoms with E-state index in [1.54, 1.807) is 14.2 Å². The van der Waals surface area contributed by atoms with Crippen molar-refractivity contribution < 1.29 is 38.7 Å². The molecule has 4 aromatic rings. The zero-order valence-electron chi connectivity index (χ0n) is 31.3. The molecule has 286 valence electrons. The van der Waals surface area contributed by atoms with E-state index in [0.29, 0.717) is 25.8 Å². The molecule has 0 radical (unpaired) electrons. The Hall–Kier alpha value is -4.74. The number of benzene rings is 4. The van der Waals surface area contributed by atoms with Gasteiger partial charge in [-0.25, -0.2) is 0 Å². The summed E-state index contributed by atoms with van der Waals surface area (Å²) in [5.41, 5.74) is 8.45. The van der Waals surface area contributed by atoms with Gasteiger partial charge < -0.3 is 34.5 Å². The SMILES string of the molecule is COc1cc2c(cc1OC)CN(C[C@H]1C[C@@H](c3ccc(CO)cc3)O[C@@H](c3ccc(-c4ccccc4CNC(=O)CCCCCCC(=O)O)cc3)O1)CC2. The van der Waals surface area contributed by atoms with Crippen molar-refractivity contribution in [3.05, 3.63) is 118 Å². The molecule has 0 aliphatic carbocycles. The molecule has 4 aromatic carbocycles. The molecule has 1 fully saturated rings. The molecule has 0 spiro atoms. The zero-order valence-corrected chi connectivity index (χ0v) is 31.3. The average molecular weight is 737 g/mol. The van der Waals surface area contributed by atoms with Crippen molar-refractivity contribution in [3.8, 4) is 22.6 Å². The normalized spacial score (nSPS) is 18.5. The fraction of sp³-hybridized carbons (Fsp3) is 0.409. The minimum Gasteiger partial charge on any atom is -0.493 e. The topological polar surface area (TPSA) is 127 Å². The fourth-order valence-electron chi connectivity index (χ4n) is 7.39. The van der Waals surface area contributed by atoms with Crippen LogP contribution in [0.5, 0.6) is 11.5 Å². The van der Waals surface area contributed by atoms with Gasteiger partial charge in [0.2, 0.25) is 5.91 Å². The lowest BCUT2D eigenvalue weighted by atomic mass is 9.96. The number of carboxylic acids is 1. The van der Waals surface area contributed by atoms with Gasteiger partial charge in [-0.15, -0.1) is 0 Å². The van der Waals surface area contributed by atoms with Crippen LogP contribution in [0.3, 0.4) is 0 Å². The highest BCUT2D eigenvalue weighted by Gasteiger charge is 2.34. The first-order valence-electron chi connectivity index (χ1n) is 19.0. The van der Waals surface area contributed by atoms with Crippen LogP contribution in [0.1, 0.15) is 90.7 Å². The number of unbranched alkanes of at least 4 members (excludes halogenated alkanes) is 3. The van der Waals surface area contributed by atoms with Gasteiger partial charge in [0.1, 0.15) is 0 Å². The number of carboxylic acid groups (broad SMARTS) is 1. The van der Waals surface area contributed by atoms with Crippen LogP contribution in [0.4, 0.5) is 0 Å². The third kappa shape index (κ3) is 10.3. The van der Waals surface area contributed by atoms with E-state index in [-0.39, 0.29) is 31.1 Å². The van der Waals surface area contributed by atoms with Gasteiger partial charge >= 0.3 is 5.97 Å². The molecule has 3 N–H and O–H groups in total. The number of hydrogen-bond acceptors (Lipinski definition) is 8. The molecule has 2 aliphatic heterocycles. The van der Waals surface area contributed by atoms with E-state index >= 15 is 0 Å². The van der Waals surface area contributed by atoms with Gasteiger partial charge in [-0.2, -0.15) is 0 Å². The fourth-order valence-corrected chi connectivity index (χ4v) is 7.39. The maximum atomic E-state index is 12.6. The van der Waals surface area contributed by atoms with Gasteiger partial charge in [-0.1, -0.05) is 85.6 Å². The minimum absolute atomic E-state index is 0.00573. The molecule has 10 nitrogen and oxygen atoms in total. The molecule has 0 unspecified atom stereocenters. The van der Waals surface area contributed by atoms with Crippen molar-refractivity contribution in [2.24, 2.45) is 0 Å². The van der Waals surface area contributed by atoms with E-state index in [1.165, 1.54) is 11.1 Å². The minimum atomic E-state index is -0.777. The van der Waals surface area contributed by atoms with Gasteiger partial charge in [0.25, 0.3) is 0 Å². The number of carbonyl (C=O) groups excluding carboxylic acids is 1. The molecule has 2 heterocycles. The van der Waals surface area contributed by atoms with Crippen LogP contribution in [0.2, 0.25) is 0 Å². The van der Waals surface area contributed by atoms with Crippen LogP contribution in [0, 0.1) is 0 Å². The first-order valence-corrected chi connectivity index (χ1v) is 19.0. The third-order valence-corrected chi connectivity index (χ3v) is 10.4. The predicted octanol–water partition coefficient (Wildman–Crippen LogP) is 7.51. The number of amides is 1. The van der Waals surface area contributed by atoms with Crippen molar-refractivity contribution in [1.82, 2.24) is 10.2 Å². The van der Waals surface area contributed by atoms with Gasteiger partial charge in [-0.05, 0) is 70.3 Å². The summed E-state index contributed by atoms with van der Waals surface area (Å²) in [6.45, 7) is 2.87. The highest BCUT2D eigenvalue weighted by atomic mass is 16.7. The number of nitrogens with zero attached hydrogens (tertiary/aromatic N) is 1. The largest absolute Gasteiger partial charge is 0.493 e. The Kier molecular flexibility index (Phi) is 13.7. The number of rotatable bonds is 17. The van der Waals surface area contributed by atoms with Crippen LogP contribution in [0.15, 0.2) is 84.9 Å². The Bertz CT molecular complexity index is 1840. The first-order chi connectivity index (χ1) is 26.3. The highest BCUT2D eigenvalue weighted by molar-refractivity contribution is 5.76. The Morgan fingerprint density at radius 3 is 2.22 bits per heavy atom. The molecule has 0 saturated carbocycles. The Labute approximate surface area is 318 Å². The van der Waals surface area contributed by atoms with Crippen LogP contribution >= 0.6 is 0 Å². The third-order valence-electron chi connectivity index (χ3n) is 10.4. The van der Waals surface area contributed by atoms with Gasteiger partial charge in [-0.3, -0.25) is 14.5 Å². The quantitative estimate of drug-likeness (QED) is 0.0945. The number of ether oxygens (including phenoxy) is 4. The average Bonchev–Trinajstić information content (AvgIpc) is 3.20. The van der Waals surface area contributed by atoms with E-state index in [2.05, 4.69) is 52.7 Å².